The van der Waals surface area contributed by atoms with Gasteiger partial charge in [-0.05, 0) is 6.42 Å². The normalized spacial score (nSPS) is 14.8. The highest BCUT2D eigenvalue weighted by Crippen LogP contribution is 2.36. The zero-order chi connectivity index (χ0) is 22.6. The molecule has 0 radical (unpaired) electrons. The van der Waals surface area contributed by atoms with Crippen molar-refractivity contribution in [1.29, 1.82) is 0 Å². The first-order valence-electron chi connectivity index (χ1n) is 12.9. The first-order valence-corrected chi connectivity index (χ1v) is 20.9. The van der Waals surface area contributed by atoms with Crippen molar-refractivity contribution in [1.82, 2.24) is 0 Å². The molecule has 3 heteroatoms. The number of hydrogen-bond acceptors (Lipinski definition) is 0. The molecule has 0 amide bonds. The third kappa shape index (κ3) is 6.93. The SMILES string of the molecule is CC/C=C(/C=C(/C=C/[Si](CC)(CC)CC)[Si](CC)(CC)CC)[Si](CC)(CC)CC. The van der Waals surface area contributed by atoms with Gasteiger partial charge in [0.25, 0.3) is 0 Å². The second-order valence-corrected chi connectivity index (χ2v) is 24.8. The van der Waals surface area contributed by atoms with Gasteiger partial charge in [-0.25, -0.2) is 0 Å². The quantitative estimate of drug-likeness (QED) is 0.172. The van der Waals surface area contributed by atoms with E-state index in [4.69, 9.17) is 0 Å². The van der Waals surface area contributed by atoms with Gasteiger partial charge >= 0.3 is 0 Å². The van der Waals surface area contributed by atoms with Gasteiger partial charge in [0.1, 0.15) is 0 Å². The van der Waals surface area contributed by atoms with E-state index < -0.39 is 24.2 Å². The lowest BCUT2D eigenvalue weighted by Gasteiger charge is -2.35. The molecule has 0 N–H and O–H groups in total. The molecule has 0 rings (SSSR count). The molecule has 0 saturated carbocycles. The Hall–Kier alpha value is -0.129. The summed E-state index contributed by atoms with van der Waals surface area (Å²) < 4.78 is 0. The van der Waals surface area contributed by atoms with Crippen molar-refractivity contribution in [2.75, 3.05) is 0 Å². The second kappa shape index (κ2) is 14.0. The summed E-state index contributed by atoms with van der Waals surface area (Å²) in [6, 6.07) is 12.5. The predicted molar refractivity (Wildman–Crippen MR) is 147 cm³/mol. The minimum atomic E-state index is -1.42. The molecule has 0 aliphatic carbocycles. The van der Waals surface area contributed by atoms with E-state index in [1.165, 1.54) is 60.8 Å². The molecule has 29 heavy (non-hydrogen) atoms. The van der Waals surface area contributed by atoms with Crippen LogP contribution >= 0.6 is 0 Å². The van der Waals surface area contributed by atoms with E-state index in [1.807, 2.05) is 0 Å². The lowest BCUT2D eigenvalue weighted by molar-refractivity contribution is 1.15. The molecule has 170 valence electrons. The summed E-state index contributed by atoms with van der Waals surface area (Å²) in [6.07, 6.45) is 9.25. The van der Waals surface area contributed by atoms with Gasteiger partial charge in [-0.15, -0.1) is 0 Å². The highest BCUT2D eigenvalue weighted by Gasteiger charge is 2.35. The molecule has 0 aliphatic rings. The topological polar surface area (TPSA) is 0 Å². The molecule has 0 aliphatic heterocycles. The molecule has 0 bridgehead atoms. The van der Waals surface area contributed by atoms with Crippen molar-refractivity contribution in [3.8, 4) is 0 Å². The minimum Gasteiger partial charge on any atom is -0.0943 e. The van der Waals surface area contributed by atoms with Crippen LogP contribution in [0.2, 0.25) is 54.4 Å². The molecule has 0 heterocycles. The predicted octanol–water partition coefficient (Wildman–Crippen LogP) is 9.95. The van der Waals surface area contributed by atoms with Crippen LogP contribution in [0.5, 0.6) is 0 Å². The highest BCUT2D eigenvalue weighted by molar-refractivity contribution is 6.89. The van der Waals surface area contributed by atoms with Gasteiger partial charge in [0, 0.05) is 0 Å². The molecule has 0 atom stereocenters. The molecule has 0 spiro atoms. The first-order chi connectivity index (χ1) is 13.8. The van der Waals surface area contributed by atoms with Gasteiger partial charge in [-0.1, -0.05) is 158 Å². The van der Waals surface area contributed by atoms with Crippen molar-refractivity contribution in [3.05, 3.63) is 34.3 Å². The molecule has 0 nitrogen and oxygen atoms in total. The van der Waals surface area contributed by atoms with E-state index in [1.54, 1.807) is 10.4 Å². The summed E-state index contributed by atoms with van der Waals surface area (Å²) in [5.41, 5.74) is 2.76. The Labute approximate surface area is 188 Å². The molecule has 0 aromatic heterocycles. The van der Waals surface area contributed by atoms with Gasteiger partial charge in [0.2, 0.25) is 0 Å². The number of hydrogen-bond donors (Lipinski definition) is 0. The lowest BCUT2D eigenvalue weighted by Crippen LogP contribution is -2.38. The standard InChI is InChI=1S/C26H54Si3/c1-11-21-25(28(15-5,16-6)17-7)24-26(29(18-8,19-9)20-10)22-23-27(12-2,13-3)14-4/h21-24H,11-20H2,1-10H3/b23-22+,25-21-,26-24-. The maximum absolute atomic E-state index is 2.77. The van der Waals surface area contributed by atoms with E-state index in [-0.39, 0.29) is 0 Å². The van der Waals surface area contributed by atoms with Crippen LogP contribution in [0.1, 0.15) is 75.7 Å². The van der Waals surface area contributed by atoms with Crippen LogP contribution in [-0.4, -0.2) is 24.2 Å². The first kappa shape index (κ1) is 28.9. The summed E-state index contributed by atoms with van der Waals surface area (Å²) in [7, 11) is -4.02. The van der Waals surface area contributed by atoms with E-state index in [2.05, 4.69) is 93.2 Å². The number of allylic oxidation sites excluding steroid dienone is 5. The van der Waals surface area contributed by atoms with Gasteiger partial charge in [-0.2, -0.15) is 0 Å². The Morgan fingerprint density at radius 3 is 1.21 bits per heavy atom. The van der Waals surface area contributed by atoms with E-state index in [0.717, 1.165) is 0 Å². The fourth-order valence-electron chi connectivity index (χ4n) is 5.29. The Bertz CT molecular complexity index is 505. The smallest absolute Gasteiger partial charge is 0.0858 e. The average molecular weight is 451 g/mol. The van der Waals surface area contributed by atoms with Crippen LogP contribution in [0, 0.1) is 0 Å². The summed E-state index contributed by atoms with van der Waals surface area (Å²) in [4.78, 5) is 0. The van der Waals surface area contributed by atoms with Crippen molar-refractivity contribution < 1.29 is 0 Å². The summed E-state index contributed by atoms with van der Waals surface area (Å²) in [5, 5.41) is 3.56. The Morgan fingerprint density at radius 1 is 0.517 bits per heavy atom. The maximum atomic E-state index is 2.77. The van der Waals surface area contributed by atoms with Gasteiger partial charge in [-0.3, -0.25) is 0 Å². The average Bonchev–Trinajstić information content (AvgIpc) is 2.77. The van der Waals surface area contributed by atoms with Crippen LogP contribution in [0.3, 0.4) is 0 Å². The second-order valence-electron chi connectivity index (χ2n) is 9.11. The van der Waals surface area contributed by atoms with Crippen molar-refractivity contribution in [2.45, 2.75) is 130 Å². The molecule has 0 aromatic rings. The Morgan fingerprint density at radius 2 is 0.897 bits per heavy atom. The monoisotopic (exact) mass is 450 g/mol. The molecular weight excluding hydrogens is 397 g/mol. The van der Waals surface area contributed by atoms with Crippen molar-refractivity contribution in [3.63, 3.8) is 0 Å². The van der Waals surface area contributed by atoms with Crippen LogP contribution in [-0.2, 0) is 0 Å². The van der Waals surface area contributed by atoms with Crippen molar-refractivity contribution >= 4 is 24.2 Å². The summed E-state index contributed by atoms with van der Waals surface area (Å²) >= 11 is 0. The fraction of sp³-hybridized carbons (Fsp3) is 0.769. The zero-order valence-electron chi connectivity index (χ0n) is 21.9. The summed E-state index contributed by atoms with van der Waals surface area (Å²) in [6.45, 7) is 24.4. The van der Waals surface area contributed by atoms with Crippen LogP contribution in [0.4, 0.5) is 0 Å². The Kier molecular flexibility index (Phi) is 14.0. The molecular formula is C26H54Si3. The van der Waals surface area contributed by atoms with Gasteiger partial charge in [0.05, 0.1) is 24.2 Å². The maximum Gasteiger partial charge on any atom is 0.0858 e. The van der Waals surface area contributed by atoms with Crippen LogP contribution in [0.25, 0.3) is 0 Å². The molecule has 0 aromatic carbocycles. The van der Waals surface area contributed by atoms with E-state index in [0.29, 0.717) is 0 Å². The third-order valence-electron chi connectivity index (χ3n) is 8.75. The molecule has 0 fully saturated rings. The minimum absolute atomic E-state index is 1.17. The molecule has 0 saturated heterocycles. The van der Waals surface area contributed by atoms with Gasteiger partial charge < -0.3 is 0 Å². The Balaban J connectivity index is 6.73. The third-order valence-corrected chi connectivity index (χ3v) is 25.1. The van der Waals surface area contributed by atoms with Crippen molar-refractivity contribution in [2.24, 2.45) is 0 Å². The fourth-order valence-corrected chi connectivity index (χ4v) is 15.8. The van der Waals surface area contributed by atoms with Crippen LogP contribution in [0.15, 0.2) is 34.3 Å². The van der Waals surface area contributed by atoms with E-state index >= 15 is 0 Å². The van der Waals surface area contributed by atoms with Crippen LogP contribution < -0.4 is 0 Å². The highest BCUT2D eigenvalue weighted by atomic mass is 28.3. The largest absolute Gasteiger partial charge is 0.0943 e. The molecule has 0 unspecified atom stereocenters. The lowest BCUT2D eigenvalue weighted by atomic mass is 10.3. The number of rotatable bonds is 15. The summed E-state index contributed by atoms with van der Waals surface area (Å²) in [5.74, 6) is 0. The van der Waals surface area contributed by atoms with Gasteiger partial charge in [0.15, 0.2) is 0 Å². The zero-order valence-corrected chi connectivity index (χ0v) is 24.9. The van der Waals surface area contributed by atoms with E-state index in [9.17, 15) is 0 Å².